The van der Waals surface area contributed by atoms with Crippen LogP contribution < -0.4 is 5.32 Å². The minimum absolute atomic E-state index is 0.127. The summed E-state index contributed by atoms with van der Waals surface area (Å²) in [4.78, 5) is 30.4. The maximum atomic E-state index is 12.0. The Kier molecular flexibility index (Phi) is 5.30. The highest BCUT2D eigenvalue weighted by molar-refractivity contribution is 7.15. The third kappa shape index (κ3) is 4.25. The molecule has 1 fully saturated rings. The molecule has 0 bridgehead atoms. The highest BCUT2D eigenvalue weighted by Gasteiger charge is 2.26. The van der Waals surface area contributed by atoms with E-state index in [-0.39, 0.29) is 18.4 Å². The molecule has 1 saturated heterocycles. The Morgan fingerprint density at radius 2 is 2.29 bits per heavy atom. The third-order valence-electron chi connectivity index (χ3n) is 3.70. The second-order valence-corrected chi connectivity index (χ2v) is 6.54. The van der Waals surface area contributed by atoms with Crippen LogP contribution in [0.3, 0.4) is 0 Å². The molecule has 7 heteroatoms. The topological polar surface area (TPSA) is 82.5 Å². The first-order valence-electron chi connectivity index (χ1n) is 7.21. The molecular formula is C14H21N3O3S. The van der Waals surface area contributed by atoms with Crippen LogP contribution in [0.5, 0.6) is 0 Å². The van der Waals surface area contributed by atoms with E-state index in [1.807, 2.05) is 18.7 Å². The lowest BCUT2D eigenvalue weighted by Crippen LogP contribution is -2.42. The summed E-state index contributed by atoms with van der Waals surface area (Å²) in [5.41, 5.74) is 1.01. The number of carboxylic acid groups (broad SMARTS) is 1. The van der Waals surface area contributed by atoms with Crippen molar-refractivity contribution in [1.29, 1.82) is 0 Å². The fourth-order valence-corrected chi connectivity index (χ4v) is 3.49. The number of rotatable bonds is 5. The van der Waals surface area contributed by atoms with Crippen LogP contribution in [0.4, 0.5) is 5.13 Å². The molecule has 0 aliphatic carbocycles. The number of anilines is 1. The van der Waals surface area contributed by atoms with Crippen molar-refractivity contribution in [2.24, 2.45) is 5.92 Å². The number of piperidine rings is 1. The summed E-state index contributed by atoms with van der Waals surface area (Å²) in [6.07, 6.45) is 2.37. The Hall–Kier alpha value is -1.47. The number of nitrogens with one attached hydrogen (secondary N) is 1. The van der Waals surface area contributed by atoms with Gasteiger partial charge in [-0.05, 0) is 32.7 Å². The van der Waals surface area contributed by atoms with Gasteiger partial charge in [0.1, 0.15) is 0 Å². The number of nitrogens with zero attached hydrogens (tertiary/aromatic N) is 2. The predicted octanol–water partition coefficient (Wildman–Crippen LogP) is 1.75. The number of carboxylic acids is 1. The average Bonchev–Trinajstić information content (AvgIpc) is 2.78. The highest BCUT2D eigenvalue weighted by Crippen LogP contribution is 2.22. The van der Waals surface area contributed by atoms with Gasteiger partial charge >= 0.3 is 5.97 Å². The Morgan fingerprint density at radius 3 is 2.90 bits per heavy atom. The Bertz CT molecular complexity index is 530. The molecule has 2 N–H and O–H groups in total. The van der Waals surface area contributed by atoms with Gasteiger partial charge in [-0.25, -0.2) is 4.98 Å². The SMILES string of the molecule is CCc1nc(NC(=O)CN2CCCC(C(=O)O)C2)sc1C. The number of hydrogen-bond donors (Lipinski definition) is 2. The molecule has 1 amide bonds. The van der Waals surface area contributed by atoms with Crippen LogP contribution in [0.25, 0.3) is 0 Å². The smallest absolute Gasteiger partial charge is 0.307 e. The molecule has 21 heavy (non-hydrogen) atoms. The minimum atomic E-state index is -0.775. The zero-order valence-electron chi connectivity index (χ0n) is 12.4. The van der Waals surface area contributed by atoms with Gasteiger partial charge in [-0.2, -0.15) is 0 Å². The van der Waals surface area contributed by atoms with Gasteiger partial charge in [-0.1, -0.05) is 6.92 Å². The maximum Gasteiger partial charge on any atom is 0.307 e. The fourth-order valence-electron chi connectivity index (χ4n) is 2.57. The van der Waals surface area contributed by atoms with Gasteiger partial charge < -0.3 is 10.4 Å². The number of aliphatic carboxylic acids is 1. The van der Waals surface area contributed by atoms with E-state index in [1.54, 1.807) is 0 Å². The van der Waals surface area contributed by atoms with Crippen LogP contribution in [-0.4, -0.2) is 46.5 Å². The van der Waals surface area contributed by atoms with Crippen LogP contribution in [0.1, 0.15) is 30.3 Å². The van der Waals surface area contributed by atoms with Gasteiger partial charge in [0, 0.05) is 11.4 Å². The average molecular weight is 311 g/mol. The monoisotopic (exact) mass is 311 g/mol. The number of likely N-dealkylation sites (tertiary alicyclic amines) is 1. The zero-order valence-corrected chi connectivity index (χ0v) is 13.2. The number of amides is 1. The van der Waals surface area contributed by atoms with Crippen LogP contribution in [-0.2, 0) is 16.0 Å². The molecule has 2 heterocycles. The summed E-state index contributed by atoms with van der Waals surface area (Å²) in [6.45, 7) is 5.47. The van der Waals surface area contributed by atoms with Crippen molar-refractivity contribution >= 4 is 28.3 Å². The Morgan fingerprint density at radius 1 is 1.52 bits per heavy atom. The van der Waals surface area contributed by atoms with E-state index in [0.29, 0.717) is 18.1 Å². The number of carbonyl (C=O) groups excluding carboxylic acids is 1. The van der Waals surface area contributed by atoms with E-state index in [4.69, 9.17) is 5.11 Å². The second kappa shape index (κ2) is 7.00. The number of carbonyl (C=O) groups is 2. The van der Waals surface area contributed by atoms with Crippen LogP contribution in [0.2, 0.25) is 0 Å². The third-order valence-corrected chi connectivity index (χ3v) is 4.62. The van der Waals surface area contributed by atoms with E-state index in [9.17, 15) is 9.59 Å². The minimum Gasteiger partial charge on any atom is -0.481 e. The van der Waals surface area contributed by atoms with Gasteiger partial charge in [0.05, 0.1) is 18.2 Å². The first-order chi connectivity index (χ1) is 9.99. The number of aryl methyl sites for hydroxylation is 2. The van der Waals surface area contributed by atoms with Crippen LogP contribution in [0.15, 0.2) is 0 Å². The van der Waals surface area contributed by atoms with Crippen molar-refractivity contribution in [3.8, 4) is 0 Å². The van der Waals surface area contributed by atoms with E-state index >= 15 is 0 Å². The second-order valence-electron chi connectivity index (χ2n) is 5.34. The molecule has 1 aromatic heterocycles. The summed E-state index contributed by atoms with van der Waals surface area (Å²) in [5.74, 6) is -1.26. The fraction of sp³-hybridized carbons (Fsp3) is 0.643. The lowest BCUT2D eigenvalue weighted by Gasteiger charge is -2.29. The molecule has 1 atom stereocenters. The molecule has 2 rings (SSSR count). The number of thiazole rings is 1. The van der Waals surface area contributed by atoms with Gasteiger partial charge in [-0.3, -0.25) is 14.5 Å². The molecule has 1 aromatic rings. The van der Waals surface area contributed by atoms with Crippen molar-refractivity contribution in [3.05, 3.63) is 10.6 Å². The standard InChI is InChI=1S/C14H21N3O3S/c1-3-11-9(2)21-14(15-11)16-12(18)8-17-6-4-5-10(7-17)13(19)20/h10H,3-8H2,1-2H3,(H,19,20)(H,15,16,18). The van der Waals surface area contributed by atoms with Crippen molar-refractivity contribution < 1.29 is 14.7 Å². The van der Waals surface area contributed by atoms with Crippen LogP contribution >= 0.6 is 11.3 Å². The highest BCUT2D eigenvalue weighted by atomic mass is 32.1. The Labute approximate surface area is 128 Å². The first-order valence-corrected chi connectivity index (χ1v) is 8.02. The molecule has 1 unspecified atom stereocenters. The molecule has 6 nitrogen and oxygen atoms in total. The molecule has 116 valence electrons. The van der Waals surface area contributed by atoms with Gasteiger partial charge in [0.15, 0.2) is 5.13 Å². The maximum absolute atomic E-state index is 12.0. The molecule has 0 spiro atoms. The van der Waals surface area contributed by atoms with E-state index in [2.05, 4.69) is 10.3 Å². The molecule has 0 radical (unpaired) electrons. The number of hydrogen-bond acceptors (Lipinski definition) is 5. The predicted molar refractivity (Wildman–Crippen MR) is 81.7 cm³/mol. The van der Waals surface area contributed by atoms with Gasteiger partial charge in [0.25, 0.3) is 0 Å². The molecule has 1 aliphatic heterocycles. The summed E-state index contributed by atoms with van der Waals surface area (Å²) < 4.78 is 0. The molecule has 1 aliphatic rings. The van der Waals surface area contributed by atoms with Crippen molar-refractivity contribution in [2.45, 2.75) is 33.1 Å². The quantitative estimate of drug-likeness (QED) is 0.865. The Balaban J connectivity index is 1.87. The van der Waals surface area contributed by atoms with E-state index < -0.39 is 5.97 Å². The first kappa shape index (κ1) is 15.9. The largest absolute Gasteiger partial charge is 0.481 e. The van der Waals surface area contributed by atoms with Crippen molar-refractivity contribution in [1.82, 2.24) is 9.88 Å². The zero-order chi connectivity index (χ0) is 15.4. The molecule has 0 saturated carbocycles. The van der Waals surface area contributed by atoms with Crippen molar-refractivity contribution in [3.63, 3.8) is 0 Å². The molecule has 0 aromatic carbocycles. The van der Waals surface area contributed by atoms with Crippen LogP contribution in [0, 0.1) is 12.8 Å². The number of aromatic nitrogens is 1. The summed E-state index contributed by atoms with van der Waals surface area (Å²) >= 11 is 1.48. The van der Waals surface area contributed by atoms with Gasteiger partial charge in [-0.15, -0.1) is 11.3 Å². The van der Waals surface area contributed by atoms with E-state index in [1.165, 1.54) is 11.3 Å². The van der Waals surface area contributed by atoms with Crippen molar-refractivity contribution in [2.75, 3.05) is 25.0 Å². The molecular weight excluding hydrogens is 290 g/mol. The lowest BCUT2D eigenvalue weighted by molar-refractivity contribution is -0.144. The summed E-state index contributed by atoms with van der Waals surface area (Å²) in [5, 5.41) is 12.5. The van der Waals surface area contributed by atoms with Gasteiger partial charge in [0.2, 0.25) is 5.91 Å². The van der Waals surface area contributed by atoms with E-state index in [0.717, 1.165) is 30.0 Å². The normalized spacial score (nSPS) is 19.4. The summed E-state index contributed by atoms with van der Waals surface area (Å²) in [7, 11) is 0. The lowest BCUT2D eigenvalue weighted by atomic mass is 9.98. The summed E-state index contributed by atoms with van der Waals surface area (Å²) in [6, 6.07) is 0.